The van der Waals surface area contributed by atoms with Gasteiger partial charge >= 0.3 is 0 Å². The summed E-state index contributed by atoms with van der Waals surface area (Å²) in [4.78, 5) is 16.7. The highest BCUT2D eigenvalue weighted by molar-refractivity contribution is 6.35. The number of benzene rings is 2. The van der Waals surface area contributed by atoms with E-state index in [1.54, 1.807) is 18.2 Å². The first kappa shape index (κ1) is 17.6. The van der Waals surface area contributed by atoms with Gasteiger partial charge in [0, 0.05) is 42.8 Å². The normalized spacial score (nSPS) is 15.5. The van der Waals surface area contributed by atoms with Gasteiger partial charge in [-0.2, -0.15) is 0 Å². The van der Waals surface area contributed by atoms with E-state index in [2.05, 4.69) is 4.90 Å². The second-order valence-corrected chi connectivity index (χ2v) is 7.03. The maximum absolute atomic E-state index is 12.6. The van der Waals surface area contributed by atoms with Crippen molar-refractivity contribution >= 4 is 40.7 Å². The molecule has 1 heterocycles. The highest BCUT2D eigenvalue weighted by Gasteiger charge is 2.23. The molecule has 2 aromatic rings. The van der Waals surface area contributed by atoms with Gasteiger partial charge in [-0.3, -0.25) is 9.69 Å². The first-order valence-electron chi connectivity index (χ1n) is 7.74. The van der Waals surface area contributed by atoms with E-state index in [9.17, 15) is 4.79 Å². The Kier molecular flexibility index (Phi) is 5.67. The van der Waals surface area contributed by atoms with Crippen LogP contribution in [0, 0.1) is 0 Å². The first-order valence-corrected chi connectivity index (χ1v) is 8.88. The van der Waals surface area contributed by atoms with E-state index in [1.165, 1.54) is 0 Å². The Balaban J connectivity index is 1.60. The summed E-state index contributed by atoms with van der Waals surface area (Å²) in [5.74, 6) is -0.00947. The van der Waals surface area contributed by atoms with E-state index < -0.39 is 0 Å². The van der Waals surface area contributed by atoms with E-state index in [4.69, 9.17) is 34.8 Å². The van der Waals surface area contributed by atoms with Crippen molar-refractivity contribution < 1.29 is 4.79 Å². The molecule has 1 saturated heterocycles. The molecular formula is C18H17Cl3N2O. The van der Waals surface area contributed by atoms with Crippen LogP contribution < -0.4 is 0 Å². The molecule has 24 heavy (non-hydrogen) atoms. The summed E-state index contributed by atoms with van der Waals surface area (Å²) in [5, 5.41) is 1.81. The summed E-state index contributed by atoms with van der Waals surface area (Å²) in [7, 11) is 0. The Hall–Kier alpha value is -1.26. The zero-order valence-electron chi connectivity index (χ0n) is 13.0. The van der Waals surface area contributed by atoms with Crippen LogP contribution in [0.5, 0.6) is 0 Å². The lowest BCUT2D eigenvalue weighted by Crippen LogP contribution is -2.48. The van der Waals surface area contributed by atoms with Crippen molar-refractivity contribution in [1.29, 1.82) is 0 Å². The fourth-order valence-corrected chi connectivity index (χ4v) is 3.49. The molecule has 6 heteroatoms. The highest BCUT2D eigenvalue weighted by atomic mass is 35.5. The van der Waals surface area contributed by atoms with Crippen molar-refractivity contribution in [2.75, 3.05) is 26.2 Å². The van der Waals surface area contributed by atoms with Crippen LogP contribution >= 0.6 is 34.8 Å². The van der Waals surface area contributed by atoms with Gasteiger partial charge in [0.2, 0.25) is 0 Å². The van der Waals surface area contributed by atoms with Gasteiger partial charge in [0.15, 0.2) is 0 Å². The van der Waals surface area contributed by atoms with E-state index in [0.717, 1.165) is 25.2 Å². The second-order valence-electron chi connectivity index (χ2n) is 5.78. The average Bonchev–Trinajstić information content (AvgIpc) is 2.58. The number of amides is 1. The number of hydrogen-bond donors (Lipinski definition) is 0. The SMILES string of the molecule is O=C(c1ccccc1Cl)N1CCN(Cc2ccc(Cl)cc2Cl)CC1. The lowest BCUT2D eigenvalue weighted by atomic mass is 10.1. The summed E-state index contributed by atoms with van der Waals surface area (Å²) in [5.41, 5.74) is 1.61. The van der Waals surface area contributed by atoms with Crippen molar-refractivity contribution in [2.45, 2.75) is 6.54 Å². The number of piperazine rings is 1. The van der Waals surface area contributed by atoms with E-state index in [-0.39, 0.29) is 5.91 Å². The molecule has 0 aromatic heterocycles. The first-order chi connectivity index (χ1) is 11.5. The number of carbonyl (C=O) groups excluding carboxylic acids is 1. The predicted molar refractivity (Wildman–Crippen MR) is 99.1 cm³/mol. The molecule has 3 nitrogen and oxygen atoms in total. The fraction of sp³-hybridized carbons (Fsp3) is 0.278. The largest absolute Gasteiger partial charge is 0.336 e. The Bertz CT molecular complexity index is 743. The van der Waals surface area contributed by atoms with Gasteiger partial charge < -0.3 is 4.90 Å². The molecule has 0 radical (unpaired) electrons. The van der Waals surface area contributed by atoms with Crippen LogP contribution in [-0.2, 0) is 6.54 Å². The number of nitrogens with zero attached hydrogens (tertiary/aromatic N) is 2. The third kappa shape index (κ3) is 4.04. The maximum Gasteiger partial charge on any atom is 0.255 e. The number of hydrogen-bond acceptors (Lipinski definition) is 2. The van der Waals surface area contributed by atoms with Crippen molar-refractivity contribution in [3.05, 3.63) is 68.7 Å². The lowest BCUT2D eigenvalue weighted by molar-refractivity contribution is 0.0628. The van der Waals surface area contributed by atoms with Crippen LogP contribution in [0.15, 0.2) is 42.5 Å². The van der Waals surface area contributed by atoms with Crippen molar-refractivity contribution in [3.63, 3.8) is 0 Å². The summed E-state index contributed by atoms with van der Waals surface area (Å²) in [6, 6.07) is 12.7. The standard InChI is InChI=1S/C18H17Cl3N2O/c19-14-6-5-13(17(21)11-14)12-22-7-9-23(10-8-22)18(24)15-3-1-2-4-16(15)20/h1-6,11H,7-10,12H2. The molecule has 0 N–H and O–H groups in total. The molecule has 1 fully saturated rings. The van der Waals surface area contributed by atoms with Crippen molar-refractivity contribution in [3.8, 4) is 0 Å². The second kappa shape index (κ2) is 7.75. The topological polar surface area (TPSA) is 23.6 Å². The molecule has 0 spiro atoms. The molecule has 0 bridgehead atoms. The van der Waals surface area contributed by atoms with Crippen molar-refractivity contribution in [1.82, 2.24) is 9.80 Å². The van der Waals surface area contributed by atoms with Gasteiger partial charge in [0.1, 0.15) is 0 Å². The molecule has 1 amide bonds. The van der Waals surface area contributed by atoms with Crippen LogP contribution in [0.4, 0.5) is 0 Å². The van der Waals surface area contributed by atoms with Crippen LogP contribution in [0.25, 0.3) is 0 Å². The summed E-state index contributed by atoms with van der Waals surface area (Å²) >= 11 is 18.3. The summed E-state index contributed by atoms with van der Waals surface area (Å²) < 4.78 is 0. The van der Waals surface area contributed by atoms with E-state index in [1.807, 2.05) is 29.2 Å². The predicted octanol–water partition coefficient (Wildman–Crippen LogP) is 4.60. The quantitative estimate of drug-likeness (QED) is 0.773. The lowest BCUT2D eigenvalue weighted by Gasteiger charge is -2.35. The Labute approximate surface area is 156 Å². The van der Waals surface area contributed by atoms with Gasteiger partial charge in [-0.25, -0.2) is 0 Å². The van der Waals surface area contributed by atoms with Gasteiger partial charge in [0.25, 0.3) is 5.91 Å². The van der Waals surface area contributed by atoms with Gasteiger partial charge in [0.05, 0.1) is 10.6 Å². The molecule has 0 saturated carbocycles. The fourth-order valence-electron chi connectivity index (χ4n) is 2.80. The number of carbonyl (C=O) groups is 1. The van der Waals surface area contributed by atoms with E-state index >= 15 is 0 Å². The van der Waals surface area contributed by atoms with Gasteiger partial charge in [-0.1, -0.05) is 53.0 Å². The molecule has 1 aliphatic rings. The third-order valence-corrected chi connectivity index (χ3v) is 5.09. The Morgan fingerprint density at radius 1 is 0.917 bits per heavy atom. The van der Waals surface area contributed by atoms with Crippen LogP contribution in [-0.4, -0.2) is 41.9 Å². The Morgan fingerprint density at radius 2 is 1.62 bits per heavy atom. The molecule has 0 unspecified atom stereocenters. The van der Waals surface area contributed by atoms with Crippen LogP contribution in [0.3, 0.4) is 0 Å². The minimum absolute atomic E-state index is 0.00947. The molecule has 3 rings (SSSR count). The van der Waals surface area contributed by atoms with Crippen molar-refractivity contribution in [2.24, 2.45) is 0 Å². The molecule has 1 aliphatic heterocycles. The molecule has 2 aromatic carbocycles. The average molecular weight is 384 g/mol. The van der Waals surface area contributed by atoms with Gasteiger partial charge in [-0.15, -0.1) is 0 Å². The summed E-state index contributed by atoms with van der Waals surface area (Å²) in [6.45, 7) is 3.71. The summed E-state index contributed by atoms with van der Waals surface area (Å²) in [6.07, 6.45) is 0. The maximum atomic E-state index is 12.6. The van der Waals surface area contributed by atoms with E-state index in [0.29, 0.717) is 33.7 Å². The minimum atomic E-state index is -0.00947. The number of halogens is 3. The number of rotatable bonds is 3. The van der Waals surface area contributed by atoms with Crippen LogP contribution in [0.2, 0.25) is 15.1 Å². The zero-order valence-corrected chi connectivity index (χ0v) is 15.3. The van der Waals surface area contributed by atoms with Gasteiger partial charge in [-0.05, 0) is 29.8 Å². The Morgan fingerprint density at radius 3 is 2.29 bits per heavy atom. The molecule has 0 aliphatic carbocycles. The molecular weight excluding hydrogens is 367 g/mol. The smallest absolute Gasteiger partial charge is 0.255 e. The van der Waals surface area contributed by atoms with Crippen LogP contribution in [0.1, 0.15) is 15.9 Å². The monoisotopic (exact) mass is 382 g/mol. The minimum Gasteiger partial charge on any atom is -0.336 e. The zero-order chi connectivity index (χ0) is 17.1. The third-order valence-electron chi connectivity index (χ3n) is 4.17. The molecule has 0 atom stereocenters. The highest BCUT2D eigenvalue weighted by Crippen LogP contribution is 2.23. The molecule has 126 valence electrons.